The summed E-state index contributed by atoms with van der Waals surface area (Å²) >= 11 is 0. The van der Waals surface area contributed by atoms with Gasteiger partial charge in [0.05, 0.1) is 12.0 Å². The maximum Gasteiger partial charge on any atom is 0.313 e. The highest BCUT2D eigenvalue weighted by Gasteiger charge is 2.49. The molecule has 16 heavy (non-hydrogen) atoms. The third-order valence-corrected chi connectivity index (χ3v) is 3.93. The van der Waals surface area contributed by atoms with Crippen molar-refractivity contribution < 1.29 is 9.53 Å². The highest BCUT2D eigenvalue weighted by molar-refractivity contribution is 5.85. The first kappa shape index (κ1) is 13.8. The van der Waals surface area contributed by atoms with E-state index < -0.39 is 0 Å². The molecule has 3 nitrogen and oxygen atoms in total. The smallest absolute Gasteiger partial charge is 0.313 e. The third kappa shape index (κ3) is 2.35. The van der Waals surface area contributed by atoms with Crippen LogP contribution in [0.25, 0.3) is 0 Å². The summed E-state index contributed by atoms with van der Waals surface area (Å²) in [6, 6.07) is 0.374. The van der Waals surface area contributed by atoms with Gasteiger partial charge < -0.3 is 10.1 Å². The number of carbonyl (C=O) groups is 1. The van der Waals surface area contributed by atoms with Crippen molar-refractivity contribution in [2.75, 3.05) is 13.2 Å². The number of carbonyl (C=O) groups excluding carboxylic acids is 1. The summed E-state index contributed by atoms with van der Waals surface area (Å²) in [5, 5.41) is 3.48. The van der Waals surface area contributed by atoms with Gasteiger partial charge in [0.1, 0.15) is 0 Å². The predicted molar refractivity (Wildman–Crippen MR) is 65.8 cm³/mol. The zero-order chi connectivity index (χ0) is 10.7. The molecule has 0 aromatic rings. The molecule has 1 saturated carbocycles. The number of ether oxygens (including phenoxy) is 1. The molecule has 0 spiro atoms. The molecule has 0 aromatic heterocycles. The molecule has 4 heteroatoms. The summed E-state index contributed by atoms with van der Waals surface area (Å²) in [7, 11) is 0. The Balaban J connectivity index is 0.00000128. The Morgan fingerprint density at radius 3 is 2.94 bits per heavy atom. The highest BCUT2D eigenvalue weighted by Crippen LogP contribution is 2.42. The fraction of sp³-hybridized carbons (Fsp3) is 0.917. The van der Waals surface area contributed by atoms with E-state index in [9.17, 15) is 4.79 Å². The Kier molecular flexibility index (Phi) is 5.06. The fourth-order valence-electron chi connectivity index (χ4n) is 3.10. The lowest BCUT2D eigenvalue weighted by molar-refractivity contribution is -0.156. The van der Waals surface area contributed by atoms with E-state index in [0.29, 0.717) is 12.6 Å². The van der Waals surface area contributed by atoms with Crippen molar-refractivity contribution in [3.8, 4) is 0 Å². The van der Waals surface area contributed by atoms with Gasteiger partial charge in [0.25, 0.3) is 0 Å². The van der Waals surface area contributed by atoms with Gasteiger partial charge in [0.2, 0.25) is 0 Å². The standard InChI is InChI=1S/C12H21NO2.ClH/c1-2-15-11(14)12-7-5-3-4-6-10(12)13-9-8-12;/h10,13H,2-9H2,1H3;1H. The lowest BCUT2D eigenvalue weighted by atomic mass is 9.76. The van der Waals surface area contributed by atoms with E-state index in [1.54, 1.807) is 0 Å². The molecule has 0 amide bonds. The van der Waals surface area contributed by atoms with Crippen LogP contribution < -0.4 is 5.32 Å². The number of rotatable bonds is 2. The van der Waals surface area contributed by atoms with E-state index in [1.165, 1.54) is 19.3 Å². The fourth-order valence-corrected chi connectivity index (χ4v) is 3.10. The first-order valence-corrected chi connectivity index (χ1v) is 6.20. The maximum absolute atomic E-state index is 12.1. The van der Waals surface area contributed by atoms with E-state index in [0.717, 1.165) is 25.8 Å². The molecule has 1 aliphatic carbocycles. The summed E-state index contributed by atoms with van der Waals surface area (Å²) in [5.41, 5.74) is -0.188. The van der Waals surface area contributed by atoms with Gasteiger partial charge in [0.15, 0.2) is 0 Å². The Hall–Kier alpha value is -0.280. The lowest BCUT2D eigenvalue weighted by Gasteiger charge is -2.30. The van der Waals surface area contributed by atoms with E-state index in [1.807, 2.05) is 6.92 Å². The molecule has 1 heterocycles. The third-order valence-electron chi connectivity index (χ3n) is 3.93. The van der Waals surface area contributed by atoms with Crippen molar-refractivity contribution in [1.82, 2.24) is 5.32 Å². The van der Waals surface area contributed by atoms with Gasteiger partial charge in [-0.3, -0.25) is 4.79 Å². The van der Waals surface area contributed by atoms with Crippen molar-refractivity contribution in [2.24, 2.45) is 5.41 Å². The molecule has 0 radical (unpaired) electrons. The molecular weight excluding hydrogens is 226 g/mol. The van der Waals surface area contributed by atoms with E-state index in [2.05, 4.69) is 5.32 Å². The van der Waals surface area contributed by atoms with Crippen LogP contribution in [0.3, 0.4) is 0 Å². The molecule has 0 bridgehead atoms. The Labute approximate surface area is 104 Å². The summed E-state index contributed by atoms with van der Waals surface area (Å²) in [6.07, 6.45) is 6.81. The minimum atomic E-state index is -0.188. The quantitative estimate of drug-likeness (QED) is 0.761. The van der Waals surface area contributed by atoms with Crippen LogP contribution in [-0.4, -0.2) is 25.2 Å². The highest BCUT2D eigenvalue weighted by atomic mass is 35.5. The molecule has 2 unspecified atom stereocenters. The first-order chi connectivity index (χ1) is 7.29. The Morgan fingerprint density at radius 2 is 2.19 bits per heavy atom. The van der Waals surface area contributed by atoms with Crippen LogP contribution >= 0.6 is 12.4 Å². The monoisotopic (exact) mass is 247 g/mol. The average Bonchev–Trinajstić information content (AvgIpc) is 2.53. The second-order valence-corrected chi connectivity index (χ2v) is 4.73. The zero-order valence-corrected chi connectivity index (χ0v) is 10.8. The summed E-state index contributed by atoms with van der Waals surface area (Å²) < 4.78 is 5.26. The van der Waals surface area contributed by atoms with E-state index >= 15 is 0 Å². The summed E-state index contributed by atoms with van der Waals surface area (Å²) in [6.45, 7) is 3.37. The zero-order valence-electron chi connectivity index (χ0n) is 9.96. The van der Waals surface area contributed by atoms with Gasteiger partial charge in [-0.1, -0.05) is 19.3 Å². The van der Waals surface area contributed by atoms with Crippen LogP contribution in [0, 0.1) is 5.41 Å². The maximum atomic E-state index is 12.1. The Bertz CT molecular complexity index is 247. The second-order valence-electron chi connectivity index (χ2n) is 4.73. The Morgan fingerprint density at radius 1 is 1.38 bits per heavy atom. The SMILES string of the molecule is CCOC(=O)C12CCCCCC1NCC2.Cl. The van der Waals surface area contributed by atoms with E-state index in [4.69, 9.17) is 4.74 Å². The van der Waals surface area contributed by atoms with Crippen LogP contribution in [-0.2, 0) is 9.53 Å². The summed E-state index contributed by atoms with van der Waals surface area (Å²) in [5.74, 6) is 0.0434. The van der Waals surface area contributed by atoms with Crippen molar-refractivity contribution >= 4 is 18.4 Å². The number of halogens is 1. The van der Waals surface area contributed by atoms with Crippen molar-refractivity contribution in [3.63, 3.8) is 0 Å². The van der Waals surface area contributed by atoms with Crippen LogP contribution in [0.1, 0.15) is 45.4 Å². The number of nitrogens with one attached hydrogen (secondary N) is 1. The minimum absolute atomic E-state index is 0. The summed E-state index contributed by atoms with van der Waals surface area (Å²) in [4.78, 5) is 12.1. The van der Waals surface area contributed by atoms with Gasteiger partial charge in [-0.2, -0.15) is 0 Å². The lowest BCUT2D eigenvalue weighted by Crippen LogP contribution is -2.43. The number of hydrogen-bond acceptors (Lipinski definition) is 3. The molecule has 2 aliphatic rings. The number of hydrogen-bond donors (Lipinski definition) is 1. The van der Waals surface area contributed by atoms with Crippen LogP contribution in [0.15, 0.2) is 0 Å². The average molecular weight is 248 g/mol. The van der Waals surface area contributed by atoms with Gasteiger partial charge >= 0.3 is 5.97 Å². The van der Waals surface area contributed by atoms with Gasteiger partial charge in [-0.15, -0.1) is 12.4 Å². The van der Waals surface area contributed by atoms with Crippen LogP contribution in [0.4, 0.5) is 0 Å². The molecule has 1 N–H and O–H groups in total. The predicted octanol–water partition coefficient (Wildman–Crippen LogP) is 2.28. The molecular formula is C12H22ClNO2. The minimum Gasteiger partial charge on any atom is -0.466 e. The molecule has 2 fully saturated rings. The van der Waals surface area contributed by atoms with E-state index in [-0.39, 0.29) is 23.8 Å². The van der Waals surface area contributed by atoms with Crippen molar-refractivity contribution in [2.45, 2.75) is 51.5 Å². The normalized spacial score (nSPS) is 33.4. The molecule has 94 valence electrons. The van der Waals surface area contributed by atoms with Crippen LogP contribution in [0.2, 0.25) is 0 Å². The number of fused-ring (bicyclic) bond motifs is 1. The van der Waals surface area contributed by atoms with Gasteiger partial charge in [0, 0.05) is 6.04 Å². The first-order valence-electron chi connectivity index (χ1n) is 6.20. The molecule has 2 atom stereocenters. The van der Waals surface area contributed by atoms with Crippen LogP contribution in [0.5, 0.6) is 0 Å². The topological polar surface area (TPSA) is 38.3 Å². The largest absolute Gasteiger partial charge is 0.466 e. The molecule has 1 saturated heterocycles. The van der Waals surface area contributed by atoms with Gasteiger partial charge in [-0.25, -0.2) is 0 Å². The molecule has 0 aromatic carbocycles. The molecule has 2 rings (SSSR count). The van der Waals surface area contributed by atoms with Crippen molar-refractivity contribution in [1.29, 1.82) is 0 Å². The van der Waals surface area contributed by atoms with Gasteiger partial charge in [-0.05, 0) is 32.7 Å². The van der Waals surface area contributed by atoms with Crippen molar-refractivity contribution in [3.05, 3.63) is 0 Å². The second kappa shape index (κ2) is 5.87. The number of esters is 1. The molecule has 1 aliphatic heterocycles.